The number of fused-ring (bicyclic) bond motifs is 2. The van der Waals surface area contributed by atoms with Crippen LogP contribution >= 0.6 is 15.9 Å². The Kier molecular flexibility index (Phi) is 6.15. The molecular weight excluding hydrogens is 478 g/mol. The lowest BCUT2D eigenvalue weighted by atomic mass is 9.97. The summed E-state index contributed by atoms with van der Waals surface area (Å²) in [4.78, 5) is 7.43. The fourth-order valence-corrected chi connectivity index (χ4v) is 6.22. The molecule has 6 heteroatoms. The Labute approximate surface area is 204 Å². The lowest BCUT2D eigenvalue weighted by Crippen LogP contribution is -2.47. The molecule has 1 fully saturated rings. The Morgan fingerprint density at radius 3 is 2.70 bits per heavy atom. The monoisotopic (exact) mass is 511 g/mol. The van der Waals surface area contributed by atoms with E-state index in [9.17, 15) is 5.11 Å². The first kappa shape index (κ1) is 23.0. The van der Waals surface area contributed by atoms with Gasteiger partial charge in [-0.05, 0) is 86.9 Å². The van der Waals surface area contributed by atoms with Gasteiger partial charge in [0, 0.05) is 31.2 Å². The fourth-order valence-electron chi connectivity index (χ4n) is 5.81. The summed E-state index contributed by atoms with van der Waals surface area (Å²) in [6, 6.07) is 13.2. The van der Waals surface area contributed by atoms with E-state index in [-0.39, 0.29) is 12.1 Å². The summed E-state index contributed by atoms with van der Waals surface area (Å²) in [6.07, 6.45) is 3.35. The lowest BCUT2D eigenvalue weighted by molar-refractivity contribution is -0.0151. The maximum Gasteiger partial charge on any atom is 0.141 e. The molecule has 0 amide bonds. The molecule has 3 atom stereocenters. The molecule has 0 saturated carbocycles. The molecule has 176 valence electrons. The molecule has 33 heavy (non-hydrogen) atoms. The van der Waals surface area contributed by atoms with E-state index in [0.717, 1.165) is 55.8 Å². The summed E-state index contributed by atoms with van der Waals surface area (Å²) < 4.78 is 9.49. The lowest BCUT2D eigenvalue weighted by Gasteiger charge is -2.40. The number of piperidine rings is 1. The third kappa shape index (κ3) is 4.51. The highest BCUT2D eigenvalue weighted by Crippen LogP contribution is 2.36. The number of methoxy groups -OCH3 is 1. The third-order valence-electron chi connectivity index (χ3n) is 7.34. The standard InChI is InChI=1S/C27H34BrN3O2/c1-17-5-8-23-22(11-17)29-26(27(2,3)32)31(23)24-9-10-30(16-25(24)33-4)15-18-12-19-6-7-21(28)14-20(19)13-18/h5-8,11,14,18,24-25,32H,9-10,12-13,15-16H2,1-4H3/t18-,24+,25-/m0/s1. The van der Waals surface area contributed by atoms with E-state index in [1.54, 1.807) is 0 Å². The predicted octanol–water partition coefficient (Wildman–Crippen LogP) is 5.01. The average Bonchev–Trinajstić information content (AvgIpc) is 3.33. The van der Waals surface area contributed by atoms with E-state index in [2.05, 4.69) is 68.7 Å². The SMILES string of the molecule is CO[C@H]1CN(C[C@H]2Cc3ccc(Br)cc3C2)CC[C@H]1n1c(C(C)(C)O)nc2cc(C)ccc21. The average molecular weight is 512 g/mol. The van der Waals surface area contributed by atoms with Crippen molar-refractivity contribution in [3.8, 4) is 0 Å². The zero-order valence-corrected chi connectivity index (χ0v) is 21.6. The summed E-state index contributed by atoms with van der Waals surface area (Å²) in [7, 11) is 1.82. The van der Waals surface area contributed by atoms with Crippen molar-refractivity contribution in [1.82, 2.24) is 14.5 Å². The number of likely N-dealkylation sites (tertiary alicyclic amines) is 1. The van der Waals surface area contributed by atoms with Crippen LogP contribution in [0.1, 0.15) is 48.8 Å². The van der Waals surface area contributed by atoms with Crippen molar-refractivity contribution < 1.29 is 9.84 Å². The molecule has 5 nitrogen and oxygen atoms in total. The van der Waals surface area contributed by atoms with Gasteiger partial charge in [0.1, 0.15) is 11.4 Å². The van der Waals surface area contributed by atoms with Crippen molar-refractivity contribution in [1.29, 1.82) is 0 Å². The Bertz CT molecular complexity index is 1170. The van der Waals surface area contributed by atoms with E-state index in [0.29, 0.717) is 5.92 Å². The molecule has 1 aliphatic heterocycles. The quantitative estimate of drug-likeness (QED) is 0.522. The number of aryl methyl sites for hydroxylation is 1. The number of imidazole rings is 1. The van der Waals surface area contributed by atoms with Gasteiger partial charge in [0.15, 0.2) is 0 Å². The number of hydrogen-bond donors (Lipinski definition) is 1. The largest absolute Gasteiger partial charge is 0.383 e. The highest BCUT2D eigenvalue weighted by molar-refractivity contribution is 9.10. The molecule has 0 unspecified atom stereocenters. The zero-order chi connectivity index (χ0) is 23.3. The Morgan fingerprint density at radius 1 is 1.15 bits per heavy atom. The molecule has 0 spiro atoms. The predicted molar refractivity (Wildman–Crippen MR) is 136 cm³/mol. The van der Waals surface area contributed by atoms with Crippen LogP contribution in [0.25, 0.3) is 11.0 Å². The van der Waals surface area contributed by atoms with Crippen molar-refractivity contribution in [2.45, 2.75) is 57.8 Å². The maximum absolute atomic E-state index is 10.9. The van der Waals surface area contributed by atoms with Gasteiger partial charge >= 0.3 is 0 Å². The van der Waals surface area contributed by atoms with Gasteiger partial charge in [-0.2, -0.15) is 0 Å². The van der Waals surface area contributed by atoms with Crippen LogP contribution in [0, 0.1) is 12.8 Å². The topological polar surface area (TPSA) is 50.5 Å². The zero-order valence-electron chi connectivity index (χ0n) is 20.0. The number of nitrogens with zero attached hydrogens (tertiary/aromatic N) is 3. The summed E-state index contributed by atoms with van der Waals surface area (Å²) in [5.41, 5.74) is 5.16. The molecule has 0 bridgehead atoms. The smallest absolute Gasteiger partial charge is 0.141 e. The number of ether oxygens (including phenoxy) is 1. The van der Waals surface area contributed by atoms with Crippen LogP contribution in [0.2, 0.25) is 0 Å². The molecule has 1 aliphatic carbocycles. The number of halogens is 1. The summed E-state index contributed by atoms with van der Waals surface area (Å²) >= 11 is 3.61. The minimum absolute atomic E-state index is 0.0523. The van der Waals surface area contributed by atoms with Crippen molar-refractivity contribution in [2.24, 2.45) is 5.92 Å². The van der Waals surface area contributed by atoms with Crippen molar-refractivity contribution in [3.63, 3.8) is 0 Å². The molecule has 1 N–H and O–H groups in total. The molecule has 5 rings (SSSR count). The minimum atomic E-state index is -1.02. The van der Waals surface area contributed by atoms with Gasteiger partial charge in [-0.25, -0.2) is 4.98 Å². The molecule has 2 aliphatic rings. The second kappa shape index (κ2) is 8.81. The Balaban J connectivity index is 1.36. The fraction of sp³-hybridized carbons (Fsp3) is 0.519. The first-order chi connectivity index (χ1) is 15.7. The second-order valence-corrected chi connectivity index (χ2v) is 11.3. The van der Waals surface area contributed by atoms with Crippen LogP contribution < -0.4 is 0 Å². The number of aliphatic hydroxyl groups is 1. The number of rotatable bonds is 5. The summed E-state index contributed by atoms with van der Waals surface area (Å²) in [5.74, 6) is 1.38. The number of hydrogen-bond acceptors (Lipinski definition) is 4. The van der Waals surface area contributed by atoms with E-state index >= 15 is 0 Å². The molecule has 3 aromatic rings. The highest BCUT2D eigenvalue weighted by atomic mass is 79.9. The molecule has 1 saturated heterocycles. The number of aromatic nitrogens is 2. The molecular formula is C27H34BrN3O2. The van der Waals surface area contributed by atoms with Gasteiger partial charge in [-0.15, -0.1) is 0 Å². The Morgan fingerprint density at radius 2 is 1.94 bits per heavy atom. The van der Waals surface area contributed by atoms with Crippen LogP contribution in [0.5, 0.6) is 0 Å². The third-order valence-corrected chi connectivity index (χ3v) is 7.83. The molecule has 1 aromatic heterocycles. The van der Waals surface area contributed by atoms with Gasteiger partial charge in [-0.3, -0.25) is 0 Å². The second-order valence-electron chi connectivity index (χ2n) is 10.4. The Hall–Kier alpha value is -1.73. The van der Waals surface area contributed by atoms with Crippen molar-refractivity contribution in [3.05, 3.63) is 63.4 Å². The molecule has 2 aromatic carbocycles. The van der Waals surface area contributed by atoms with Crippen LogP contribution in [-0.4, -0.2) is 52.4 Å². The first-order valence-electron chi connectivity index (χ1n) is 12.0. The first-order valence-corrected chi connectivity index (χ1v) is 12.8. The van der Waals surface area contributed by atoms with Gasteiger partial charge in [0.2, 0.25) is 0 Å². The van der Waals surface area contributed by atoms with Gasteiger partial charge in [-0.1, -0.05) is 28.1 Å². The van der Waals surface area contributed by atoms with E-state index in [4.69, 9.17) is 9.72 Å². The van der Waals surface area contributed by atoms with E-state index in [1.807, 2.05) is 21.0 Å². The normalized spacial score (nSPS) is 23.9. The van der Waals surface area contributed by atoms with E-state index in [1.165, 1.54) is 21.2 Å². The summed E-state index contributed by atoms with van der Waals surface area (Å²) in [5, 5.41) is 10.9. The van der Waals surface area contributed by atoms with Crippen LogP contribution in [0.15, 0.2) is 40.9 Å². The van der Waals surface area contributed by atoms with Gasteiger partial charge in [0.25, 0.3) is 0 Å². The van der Waals surface area contributed by atoms with Gasteiger partial charge < -0.3 is 19.3 Å². The summed E-state index contributed by atoms with van der Waals surface area (Å²) in [6.45, 7) is 8.75. The van der Waals surface area contributed by atoms with Crippen molar-refractivity contribution in [2.75, 3.05) is 26.7 Å². The maximum atomic E-state index is 10.9. The van der Waals surface area contributed by atoms with Crippen LogP contribution in [0.3, 0.4) is 0 Å². The molecule has 0 radical (unpaired) electrons. The van der Waals surface area contributed by atoms with Crippen LogP contribution in [0.4, 0.5) is 0 Å². The van der Waals surface area contributed by atoms with E-state index < -0.39 is 5.60 Å². The molecule has 2 heterocycles. The van der Waals surface area contributed by atoms with Crippen LogP contribution in [-0.2, 0) is 23.2 Å². The van der Waals surface area contributed by atoms with Crippen molar-refractivity contribution >= 4 is 27.0 Å². The minimum Gasteiger partial charge on any atom is -0.383 e. The number of benzene rings is 2. The van der Waals surface area contributed by atoms with Gasteiger partial charge in [0.05, 0.1) is 23.2 Å². The highest BCUT2D eigenvalue weighted by Gasteiger charge is 2.37.